The average Bonchev–Trinajstić information content (AvgIpc) is 2.05. The number of alkyl halides is 2. The van der Waals surface area contributed by atoms with Crippen LogP contribution >= 0.6 is 23.2 Å². The molecular weight excluding hydrogens is 179 g/mol. The number of halogens is 2. The van der Waals surface area contributed by atoms with Crippen molar-refractivity contribution in [2.75, 3.05) is 0 Å². The van der Waals surface area contributed by atoms with Crippen molar-refractivity contribution < 1.29 is 0 Å². The molecule has 0 spiro atoms. The molecule has 0 radical (unpaired) electrons. The lowest BCUT2D eigenvalue weighted by atomic mass is 10.1. The minimum atomic E-state index is -0.401. The molecule has 0 unspecified atom stereocenters. The summed E-state index contributed by atoms with van der Waals surface area (Å²) in [6, 6.07) is 8.01. The van der Waals surface area contributed by atoms with Crippen LogP contribution in [0.15, 0.2) is 24.3 Å². The Balaban J connectivity index is 2.91. The molecule has 1 aromatic rings. The summed E-state index contributed by atoms with van der Waals surface area (Å²) in [6.45, 7) is 2.11. The van der Waals surface area contributed by atoms with Gasteiger partial charge in [-0.2, -0.15) is 0 Å². The van der Waals surface area contributed by atoms with Crippen molar-refractivity contribution >= 4 is 23.2 Å². The molecule has 0 aliphatic carbocycles. The second-order valence-electron chi connectivity index (χ2n) is 2.40. The third kappa shape index (κ3) is 2.39. The first-order valence-corrected chi connectivity index (χ1v) is 4.48. The van der Waals surface area contributed by atoms with Gasteiger partial charge in [0.2, 0.25) is 0 Å². The first kappa shape index (κ1) is 8.89. The summed E-state index contributed by atoms with van der Waals surface area (Å²) in [5.41, 5.74) is 2.25. The molecule has 0 saturated carbocycles. The topological polar surface area (TPSA) is 0 Å². The molecule has 0 amide bonds. The highest BCUT2D eigenvalue weighted by atomic mass is 35.5. The zero-order valence-corrected chi connectivity index (χ0v) is 7.86. The van der Waals surface area contributed by atoms with E-state index in [1.165, 1.54) is 5.56 Å². The first-order chi connectivity index (χ1) is 5.24. The summed E-state index contributed by atoms with van der Waals surface area (Å²) >= 11 is 11.4. The van der Waals surface area contributed by atoms with Gasteiger partial charge in [-0.25, -0.2) is 0 Å². The van der Waals surface area contributed by atoms with E-state index in [9.17, 15) is 0 Å². The van der Waals surface area contributed by atoms with E-state index in [1.807, 2.05) is 18.2 Å². The van der Waals surface area contributed by atoms with Crippen LogP contribution in [0.4, 0.5) is 0 Å². The van der Waals surface area contributed by atoms with Crippen molar-refractivity contribution in [3.8, 4) is 0 Å². The number of aryl methyl sites for hydroxylation is 1. The second kappa shape index (κ2) is 3.99. The smallest absolute Gasteiger partial charge is 0.100 e. The molecule has 0 nitrogen and oxygen atoms in total. The van der Waals surface area contributed by atoms with E-state index < -0.39 is 4.84 Å². The van der Waals surface area contributed by atoms with E-state index in [2.05, 4.69) is 13.0 Å². The monoisotopic (exact) mass is 188 g/mol. The maximum Gasteiger partial charge on any atom is 0.132 e. The van der Waals surface area contributed by atoms with Crippen LogP contribution in [0.1, 0.15) is 22.9 Å². The maximum absolute atomic E-state index is 5.70. The van der Waals surface area contributed by atoms with Crippen molar-refractivity contribution in [3.63, 3.8) is 0 Å². The highest BCUT2D eigenvalue weighted by Crippen LogP contribution is 2.24. The fourth-order valence-corrected chi connectivity index (χ4v) is 1.22. The minimum Gasteiger partial charge on any atom is -0.100 e. The van der Waals surface area contributed by atoms with Crippen LogP contribution in [-0.2, 0) is 6.42 Å². The fourth-order valence-electron chi connectivity index (χ4n) is 0.949. The van der Waals surface area contributed by atoms with Crippen LogP contribution in [0.3, 0.4) is 0 Å². The average molecular weight is 189 g/mol. The molecule has 0 bridgehead atoms. The lowest BCUT2D eigenvalue weighted by Crippen LogP contribution is -1.84. The van der Waals surface area contributed by atoms with Crippen molar-refractivity contribution in [2.24, 2.45) is 0 Å². The standard InChI is InChI=1S/C9H10Cl2/c1-2-7-4-3-5-8(6-7)9(10)11/h3-6,9H,2H2,1H3. The van der Waals surface area contributed by atoms with E-state index in [0.29, 0.717) is 0 Å². The Morgan fingerprint density at radius 3 is 2.64 bits per heavy atom. The summed E-state index contributed by atoms with van der Waals surface area (Å²) in [7, 11) is 0. The molecule has 1 aromatic carbocycles. The normalized spacial score (nSPS) is 10.5. The number of hydrogen-bond donors (Lipinski definition) is 0. The van der Waals surface area contributed by atoms with Gasteiger partial charge in [-0.05, 0) is 17.5 Å². The zero-order chi connectivity index (χ0) is 8.27. The SMILES string of the molecule is CCc1cccc(C(Cl)Cl)c1. The highest BCUT2D eigenvalue weighted by molar-refractivity contribution is 6.44. The molecule has 2 heteroatoms. The van der Waals surface area contributed by atoms with Crippen LogP contribution in [0.5, 0.6) is 0 Å². The molecule has 11 heavy (non-hydrogen) atoms. The molecule has 0 aliphatic heterocycles. The quantitative estimate of drug-likeness (QED) is 0.622. The minimum absolute atomic E-state index is 0.401. The largest absolute Gasteiger partial charge is 0.132 e. The Morgan fingerprint density at radius 1 is 1.36 bits per heavy atom. The van der Waals surface area contributed by atoms with Crippen LogP contribution in [0, 0.1) is 0 Å². The second-order valence-corrected chi connectivity index (χ2v) is 3.50. The van der Waals surface area contributed by atoms with E-state index in [-0.39, 0.29) is 0 Å². The van der Waals surface area contributed by atoms with E-state index >= 15 is 0 Å². The molecular formula is C9H10Cl2. The van der Waals surface area contributed by atoms with Gasteiger partial charge < -0.3 is 0 Å². The van der Waals surface area contributed by atoms with Gasteiger partial charge in [0.15, 0.2) is 0 Å². The van der Waals surface area contributed by atoms with Gasteiger partial charge in [0.05, 0.1) is 0 Å². The maximum atomic E-state index is 5.70. The van der Waals surface area contributed by atoms with Gasteiger partial charge in [0.25, 0.3) is 0 Å². The van der Waals surface area contributed by atoms with Crippen LogP contribution in [-0.4, -0.2) is 0 Å². The summed E-state index contributed by atoms with van der Waals surface area (Å²) in [5, 5.41) is 0. The van der Waals surface area contributed by atoms with Crippen molar-refractivity contribution in [3.05, 3.63) is 35.4 Å². The predicted molar refractivity (Wildman–Crippen MR) is 50.3 cm³/mol. The molecule has 0 atom stereocenters. The Labute approximate surface area is 77.1 Å². The molecule has 0 aliphatic rings. The van der Waals surface area contributed by atoms with E-state index in [4.69, 9.17) is 23.2 Å². The molecule has 0 N–H and O–H groups in total. The fraction of sp³-hybridized carbons (Fsp3) is 0.333. The lowest BCUT2D eigenvalue weighted by Gasteiger charge is -2.02. The van der Waals surface area contributed by atoms with Gasteiger partial charge in [-0.15, -0.1) is 23.2 Å². The molecule has 60 valence electrons. The number of benzene rings is 1. The summed E-state index contributed by atoms with van der Waals surface area (Å²) in [4.78, 5) is -0.401. The predicted octanol–water partition coefficient (Wildman–Crippen LogP) is 3.73. The van der Waals surface area contributed by atoms with E-state index in [1.54, 1.807) is 0 Å². The summed E-state index contributed by atoms with van der Waals surface area (Å²) in [5.74, 6) is 0. The van der Waals surface area contributed by atoms with Crippen LogP contribution in [0.2, 0.25) is 0 Å². The lowest BCUT2D eigenvalue weighted by molar-refractivity contribution is 1.12. The highest BCUT2D eigenvalue weighted by Gasteiger charge is 2.01. The van der Waals surface area contributed by atoms with Gasteiger partial charge in [0.1, 0.15) is 4.84 Å². The number of hydrogen-bond acceptors (Lipinski definition) is 0. The summed E-state index contributed by atoms with van der Waals surface area (Å²) in [6.07, 6.45) is 1.02. The van der Waals surface area contributed by atoms with Crippen molar-refractivity contribution in [1.82, 2.24) is 0 Å². The van der Waals surface area contributed by atoms with Gasteiger partial charge >= 0.3 is 0 Å². The van der Waals surface area contributed by atoms with Gasteiger partial charge in [-0.3, -0.25) is 0 Å². The Morgan fingerprint density at radius 2 is 2.09 bits per heavy atom. The third-order valence-corrected chi connectivity index (χ3v) is 2.12. The summed E-state index contributed by atoms with van der Waals surface area (Å²) < 4.78 is 0. The van der Waals surface area contributed by atoms with Gasteiger partial charge in [0, 0.05) is 0 Å². The first-order valence-electron chi connectivity index (χ1n) is 3.61. The molecule has 0 saturated heterocycles. The third-order valence-electron chi connectivity index (χ3n) is 1.61. The van der Waals surface area contributed by atoms with Gasteiger partial charge in [-0.1, -0.05) is 31.2 Å². The van der Waals surface area contributed by atoms with Crippen LogP contribution < -0.4 is 0 Å². The Hall–Kier alpha value is -0.200. The zero-order valence-electron chi connectivity index (χ0n) is 6.35. The molecule has 1 rings (SSSR count). The Kier molecular flexibility index (Phi) is 3.22. The number of rotatable bonds is 2. The van der Waals surface area contributed by atoms with Crippen molar-refractivity contribution in [2.45, 2.75) is 18.2 Å². The molecule has 0 heterocycles. The Bertz CT molecular complexity index is 231. The van der Waals surface area contributed by atoms with Crippen LogP contribution in [0.25, 0.3) is 0 Å². The van der Waals surface area contributed by atoms with Crippen molar-refractivity contribution in [1.29, 1.82) is 0 Å². The molecule has 0 fully saturated rings. The van der Waals surface area contributed by atoms with E-state index in [0.717, 1.165) is 12.0 Å². The molecule has 0 aromatic heterocycles.